The number of hydrogen-bond donors (Lipinski definition) is 2. The van der Waals surface area contributed by atoms with Gasteiger partial charge in [-0.05, 0) is 37.5 Å². The van der Waals surface area contributed by atoms with Gasteiger partial charge in [-0.3, -0.25) is 0 Å². The molecule has 0 bridgehead atoms. The highest BCUT2D eigenvalue weighted by Crippen LogP contribution is 2.41. The van der Waals surface area contributed by atoms with E-state index in [9.17, 15) is 0 Å². The molecule has 4 heteroatoms. The van der Waals surface area contributed by atoms with Crippen molar-refractivity contribution in [3.8, 4) is 0 Å². The minimum Gasteiger partial charge on any atom is -0.340 e. The number of aromatic nitrogens is 2. The predicted molar refractivity (Wildman–Crippen MR) is 63.6 cm³/mol. The van der Waals surface area contributed by atoms with E-state index in [1.54, 1.807) is 0 Å². The molecule has 1 saturated carbocycles. The number of aromatic amines is 1. The SMILES string of the molecule is Cc1cc(Br)cc2[nH]c(C3(N)CC3)nc12. The van der Waals surface area contributed by atoms with Crippen molar-refractivity contribution in [1.29, 1.82) is 0 Å². The molecule has 1 heterocycles. The number of nitrogens with one attached hydrogen (secondary N) is 1. The Morgan fingerprint density at radius 1 is 1.47 bits per heavy atom. The Labute approximate surface area is 96.2 Å². The second kappa shape index (κ2) is 2.83. The van der Waals surface area contributed by atoms with E-state index in [2.05, 4.69) is 38.9 Å². The summed E-state index contributed by atoms with van der Waals surface area (Å²) in [5.41, 5.74) is 9.20. The smallest absolute Gasteiger partial charge is 0.127 e. The van der Waals surface area contributed by atoms with Crippen LogP contribution < -0.4 is 5.73 Å². The average molecular weight is 266 g/mol. The number of aryl methyl sites for hydroxylation is 1. The van der Waals surface area contributed by atoms with Gasteiger partial charge in [0, 0.05) is 4.47 Å². The van der Waals surface area contributed by atoms with Crippen LogP contribution in [0.5, 0.6) is 0 Å². The van der Waals surface area contributed by atoms with E-state index in [1.165, 1.54) is 5.56 Å². The quantitative estimate of drug-likeness (QED) is 0.833. The van der Waals surface area contributed by atoms with Crippen molar-refractivity contribution >= 4 is 27.0 Å². The Hall–Kier alpha value is -0.870. The summed E-state index contributed by atoms with van der Waals surface area (Å²) in [6.45, 7) is 2.06. The molecule has 0 radical (unpaired) electrons. The largest absolute Gasteiger partial charge is 0.340 e. The fourth-order valence-electron chi connectivity index (χ4n) is 1.85. The Bertz CT molecular complexity index is 540. The Morgan fingerprint density at radius 3 is 2.87 bits per heavy atom. The Balaban J connectivity index is 2.25. The van der Waals surface area contributed by atoms with Gasteiger partial charge in [0.05, 0.1) is 16.6 Å². The van der Waals surface area contributed by atoms with Crippen LogP contribution in [0.15, 0.2) is 16.6 Å². The molecule has 0 saturated heterocycles. The number of rotatable bonds is 1. The summed E-state index contributed by atoms with van der Waals surface area (Å²) in [6, 6.07) is 4.12. The zero-order valence-electron chi connectivity index (χ0n) is 8.47. The van der Waals surface area contributed by atoms with Crippen LogP contribution in [0.1, 0.15) is 24.2 Å². The van der Waals surface area contributed by atoms with Gasteiger partial charge in [0.2, 0.25) is 0 Å². The van der Waals surface area contributed by atoms with Crippen molar-refractivity contribution in [2.75, 3.05) is 0 Å². The lowest BCUT2D eigenvalue weighted by Crippen LogP contribution is -2.20. The number of imidazole rings is 1. The number of nitrogens with two attached hydrogens (primary N) is 1. The van der Waals surface area contributed by atoms with Gasteiger partial charge in [0.15, 0.2) is 0 Å². The number of hydrogen-bond acceptors (Lipinski definition) is 2. The third kappa shape index (κ3) is 1.40. The van der Waals surface area contributed by atoms with E-state index in [4.69, 9.17) is 5.73 Å². The van der Waals surface area contributed by atoms with Gasteiger partial charge < -0.3 is 10.7 Å². The van der Waals surface area contributed by atoms with Crippen LogP contribution in [0.3, 0.4) is 0 Å². The van der Waals surface area contributed by atoms with Gasteiger partial charge in [0.1, 0.15) is 5.82 Å². The zero-order chi connectivity index (χ0) is 10.6. The first kappa shape index (κ1) is 9.36. The van der Waals surface area contributed by atoms with Gasteiger partial charge in [-0.25, -0.2) is 4.98 Å². The van der Waals surface area contributed by atoms with Crippen molar-refractivity contribution in [3.05, 3.63) is 28.0 Å². The summed E-state index contributed by atoms with van der Waals surface area (Å²) in [5, 5.41) is 0. The molecule has 3 nitrogen and oxygen atoms in total. The van der Waals surface area contributed by atoms with Crippen LogP contribution in [-0.4, -0.2) is 9.97 Å². The molecule has 3 rings (SSSR count). The molecule has 1 aromatic carbocycles. The Morgan fingerprint density at radius 2 is 2.20 bits per heavy atom. The van der Waals surface area contributed by atoms with Crippen LogP contribution in [0, 0.1) is 6.92 Å². The number of H-pyrrole nitrogens is 1. The van der Waals surface area contributed by atoms with E-state index in [0.717, 1.165) is 34.2 Å². The predicted octanol–water partition coefficient (Wildman–Crippen LogP) is 2.58. The molecular weight excluding hydrogens is 254 g/mol. The molecule has 0 atom stereocenters. The maximum atomic E-state index is 6.11. The summed E-state index contributed by atoms with van der Waals surface area (Å²) in [6.07, 6.45) is 2.07. The summed E-state index contributed by atoms with van der Waals surface area (Å²) in [7, 11) is 0. The number of fused-ring (bicyclic) bond motifs is 1. The van der Waals surface area contributed by atoms with Gasteiger partial charge >= 0.3 is 0 Å². The van der Waals surface area contributed by atoms with E-state index in [1.807, 2.05) is 6.07 Å². The monoisotopic (exact) mass is 265 g/mol. The summed E-state index contributed by atoms with van der Waals surface area (Å²) in [4.78, 5) is 7.90. The maximum absolute atomic E-state index is 6.11. The van der Waals surface area contributed by atoms with Crippen LogP contribution in [0.25, 0.3) is 11.0 Å². The highest BCUT2D eigenvalue weighted by Gasteiger charge is 2.43. The molecule has 15 heavy (non-hydrogen) atoms. The van der Waals surface area contributed by atoms with Crippen molar-refractivity contribution < 1.29 is 0 Å². The molecule has 2 aromatic rings. The molecule has 1 aliphatic rings. The third-order valence-corrected chi connectivity index (χ3v) is 3.46. The molecule has 0 unspecified atom stereocenters. The first-order chi connectivity index (χ1) is 7.08. The molecule has 1 aliphatic carbocycles. The van der Waals surface area contributed by atoms with Crippen molar-refractivity contribution in [3.63, 3.8) is 0 Å². The minimum atomic E-state index is -0.183. The van der Waals surface area contributed by atoms with Crippen LogP contribution in [0.2, 0.25) is 0 Å². The zero-order valence-corrected chi connectivity index (χ0v) is 10.1. The molecule has 1 aromatic heterocycles. The third-order valence-electron chi connectivity index (χ3n) is 3.00. The summed E-state index contributed by atoms with van der Waals surface area (Å²) in [5.74, 6) is 0.929. The lowest BCUT2D eigenvalue weighted by Gasteiger charge is -2.01. The van der Waals surface area contributed by atoms with E-state index >= 15 is 0 Å². The molecule has 0 spiro atoms. The lowest BCUT2D eigenvalue weighted by atomic mass is 10.2. The van der Waals surface area contributed by atoms with Gasteiger partial charge in [0.25, 0.3) is 0 Å². The van der Waals surface area contributed by atoms with Crippen molar-refractivity contribution in [1.82, 2.24) is 9.97 Å². The summed E-state index contributed by atoms with van der Waals surface area (Å²) < 4.78 is 1.07. The minimum absolute atomic E-state index is 0.183. The van der Waals surface area contributed by atoms with Gasteiger partial charge in [-0.15, -0.1) is 0 Å². The Kier molecular flexibility index (Phi) is 1.77. The summed E-state index contributed by atoms with van der Waals surface area (Å²) >= 11 is 3.48. The number of nitrogens with zero attached hydrogens (tertiary/aromatic N) is 1. The topological polar surface area (TPSA) is 54.7 Å². The molecular formula is C11H12BrN3. The molecule has 3 N–H and O–H groups in total. The first-order valence-corrected chi connectivity index (χ1v) is 5.83. The second-order valence-electron chi connectivity index (χ2n) is 4.36. The van der Waals surface area contributed by atoms with Gasteiger partial charge in [-0.1, -0.05) is 15.9 Å². The lowest BCUT2D eigenvalue weighted by molar-refractivity contribution is 0.688. The van der Waals surface area contributed by atoms with E-state index < -0.39 is 0 Å². The van der Waals surface area contributed by atoms with Crippen molar-refractivity contribution in [2.45, 2.75) is 25.3 Å². The van der Waals surface area contributed by atoms with Crippen LogP contribution >= 0.6 is 15.9 Å². The highest BCUT2D eigenvalue weighted by molar-refractivity contribution is 9.10. The van der Waals surface area contributed by atoms with Crippen LogP contribution in [0.4, 0.5) is 0 Å². The normalized spacial score (nSPS) is 18.3. The second-order valence-corrected chi connectivity index (χ2v) is 5.28. The number of benzene rings is 1. The van der Waals surface area contributed by atoms with Crippen LogP contribution in [-0.2, 0) is 5.54 Å². The number of halogens is 1. The fraction of sp³-hybridized carbons (Fsp3) is 0.364. The molecule has 0 amide bonds. The maximum Gasteiger partial charge on any atom is 0.127 e. The molecule has 1 fully saturated rings. The average Bonchev–Trinajstić information content (AvgIpc) is 2.77. The molecule has 0 aliphatic heterocycles. The van der Waals surface area contributed by atoms with E-state index in [-0.39, 0.29) is 5.54 Å². The highest BCUT2D eigenvalue weighted by atomic mass is 79.9. The fourth-order valence-corrected chi connectivity index (χ4v) is 2.43. The van der Waals surface area contributed by atoms with E-state index in [0.29, 0.717) is 0 Å². The standard InChI is InChI=1S/C11H12BrN3/c1-6-4-7(12)5-8-9(6)15-10(14-8)11(13)2-3-11/h4-5H,2-3,13H2,1H3,(H,14,15). The first-order valence-electron chi connectivity index (χ1n) is 5.04. The van der Waals surface area contributed by atoms with Gasteiger partial charge in [-0.2, -0.15) is 0 Å². The molecule has 78 valence electrons. The van der Waals surface area contributed by atoms with Crippen molar-refractivity contribution in [2.24, 2.45) is 5.73 Å².